The highest BCUT2D eigenvalue weighted by Crippen LogP contribution is 2.06. The third-order valence-corrected chi connectivity index (χ3v) is 1.31. The molecule has 0 saturated heterocycles. The monoisotopic (exact) mass is 163 g/mol. The molecule has 0 atom stereocenters. The van der Waals surface area contributed by atoms with E-state index in [-0.39, 0.29) is 0 Å². The molecule has 1 aromatic carbocycles. The highest BCUT2D eigenvalue weighted by Gasteiger charge is 1.90. The smallest absolute Gasteiger partial charge is 0.327 e. The molecule has 0 amide bonds. The van der Waals surface area contributed by atoms with Gasteiger partial charge in [0.1, 0.15) is 0 Å². The van der Waals surface area contributed by atoms with E-state index in [9.17, 15) is 9.90 Å². The summed E-state index contributed by atoms with van der Waals surface area (Å²) >= 11 is 0. The van der Waals surface area contributed by atoms with Crippen LogP contribution in [0.15, 0.2) is 36.4 Å². The van der Waals surface area contributed by atoms with E-state index in [1.165, 1.54) is 0 Å². The van der Waals surface area contributed by atoms with Crippen LogP contribution < -0.4 is 5.11 Å². The number of benzene rings is 1. The van der Waals surface area contributed by atoms with E-state index in [0.717, 1.165) is 0 Å². The Balaban J connectivity index is 2.93. The molecule has 1 N–H and O–H groups in total. The van der Waals surface area contributed by atoms with Crippen LogP contribution in [0.5, 0.6) is 0 Å². The van der Waals surface area contributed by atoms with Gasteiger partial charge in [-0.05, 0) is 5.56 Å². The van der Waals surface area contributed by atoms with E-state index >= 15 is 0 Å². The number of carbonyl (C=O) groups is 1. The van der Waals surface area contributed by atoms with Gasteiger partial charge in [-0.15, -0.1) is 0 Å². The molecule has 0 saturated carbocycles. The van der Waals surface area contributed by atoms with Crippen molar-refractivity contribution in [3.63, 3.8) is 0 Å². The molecule has 0 radical (unpaired) electrons. The molecule has 1 rings (SSSR count). The molecule has 0 fully saturated rings. The average Bonchev–Trinajstić information content (AvgIpc) is 2.05. The van der Waals surface area contributed by atoms with Gasteiger partial charge in [-0.3, -0.25) is 0 Å². The third kappa shape index (κ3) is 2.12. The van der Waals surface area contributed by atoms with Crippen LogP contribution in [0.1, 0.15) is 5.56 Å². The van der Waals surface area contributed by atoms with Crippen molar-refractivity contribution in [3.8, 4) is 0 Å². The number of carboxylic acid groups (broad SMARTS) is 1. The Hall–Kier alpha value is -1.77. The van der Waals surface area contributed by atoms with E-state index in [1.54, 1.807) is 30.3 Å². The minimum Gasteiger partial charge on any atom is -0.872 e. The lowest BCUT2D eigenvalue weighted by Crippen LogP contribution is -2.04. The predicted octanol–water partition coefficient (Wildman–Crippen LogP) is 0.472. The van der Waals surface area contributed by atoms with Gasteiger partial charge in [-0.2, -0.15) is 0 Å². The molecule has 1 aromatic rings. The lowest BCUT2D eigenvalue weighted by molar-refractivity contribution is -0.244. The van der Waals surface area contributed by atoms with Crippen molar-refractivity contribution in [2.75, 3.05) is 0 Å². The molecular weight excluding hydrogens is 156 g/mol. The van der Waals surface area contributed by atoms with E-state index in [0.29, 0.717) is 11.6 Å². The summed E-state index contributed by atoms with van der Waals surface area (Å²) in [5, 5.41) is 19.3. The van der Waals surface area contributed by atoms with Gasteiger partial charge in [-0.1, -0.05) is 36.1 Å². The standard InChI is InChI=1S/C9H8O3/c10-8(6-9(11)12)7-4-2-1-3-5-7/h1-6,10H,(H,11,12)/p-1/b8-6+. The predicted molar refractivity (Wildman–Crippen MR) is 42.1 cm³/mol. The second-order valence-electron chi connectivity index (χ2n) is 2.21. The van der Waals surface area contributed by atoms with Crippen molar-refractivity contribution >= 4 is 11.7 Å². The Bertz CT molecular complexity index is 301. The molecule has 0 heterocycles. The zero-order valence-corrected chi connectivity index (χ0v) is 6.23. The number of hydrogen-bond acceptors (Lipinski definition) is 2. The summed E-state index contributed by atoms with van der Waals surface area (Å²) in [6.45, 7) is 0. The van der Waals surface area contributed by atoms with Crippen LogP contribution in [0, 0.1) is 0 Å². The molecular formula is C9H7O3-. The average molecular weight is 163 g/mol. The Morgan fingerprint density at radius 1 is 1.33 bits per heavy atom. The maximum absolute atomic E-state index is 11.0. The van der Waals surface area contributed by atoms with Crippen LogP contribution in [0.3, 0.4) is 0 Å². The molecule has 0 spiro atoms. The zero-order chi connectivity index (χ0) is 8.97. The normalized spacial score (nSPS) is 11.2. The van der Waals surface area contributed by atoms with E-state index in [4.69, 9.17) is 5.11 Å². The fourth-order valence-electron chi connectivity index (χ4n) is 0.798. The quantitative estimate of drug-likeness (QED) is 0.509. The first kappa shape index (κ1) is 8.33. The van der Waals surface area contributed by atoms with Crippen molar-refractivity contribution in [2.24, 2.45) is 0 Å². The zero-order valence-electron chi connectivity index (χ0n) is 6.23. The summed E-state index contributed by atoms with van der Waals surface area (Å²) in [5.41, 5.74) is 0.389. The van der Waals surface area contributed by atoms with Crippen molar-refractivity contribution in [1.29, 1.82) is 0 Å². The molecule has 3 nitrogen and oxygen atoms in total. The van der Waals surface area contributed by atoms with Crippen LogP contribution in [-0.4, -0.2) is 11.1 Å². The third-order valence-electron chi connectivity index (χ3n) is 1.31. The molecule has 0 bridgehead atoms. The van der Waals surface area contributed by atoms with Crippen molar-refractivity contribution < 1.29 is 15.0 Å². The Labute approximate surface area is 69.6 Å². The van der Waals surface area contributed by atoms with Crippen LogP contribution in [0.2, 0.25) is 0 Å². The largest absolute Gasteiger partial charge is 0.872 e. The molecule has 3 heteroatoms. The Morgan fingerprint density at radius 3 is 2.42 bits per heavy atom. The summed E-state index contributed by atoms with van der Waals surface area (Å²) in [5.74, 6) is -1.70. The van der Waals surface area contributed by atoms with Gasteiger partial charge in [-0.25, -0.2) is 4.79 Å². The molecule has 62 valence electrons. The first-order chi connectivity index (χ1) is 5.70. The fourth-order valence-corrected chi connectivity index (χ4v) is 0.798. The minimum atomic E-state index is -1.22. The number of carboxylic acids is 1. The number of rotatable bonds is 2. The number of aliphatic carboxylic acids is 1. The van der Waals surface area contributed by atoms with Gasteiger partial charge >= 0.3 is 5.97 Å². The summed E-state index contributed by atoms with van der Waals surface area (Å²) in [7, 11) is 0. The van der Waals surface area contributed by atoms with Gasteiger partial charge in [0.15, 0.2) is 0 Å². The maximum atomic E-state index is 11.0. The van der Waals surface area contributed by atoms with Crippen LogP contribution in [0.4, 0.5) is 0 Å². The highest BCUT2D eigenvalue weighted by molar-refractivity contribution is 5.87. The SMILES string of the molecule is O=C(O)/C=C(/[O-])c1ccccc1. The van der Waals surface area contributed by atoms with Crippen LogP contribution in [0.25, 0.3) is 5.76 Å². The molecule has 0 aromatic heterocycles. The molecule has 0 aliphatic rings. The first-order valence-corrected chi connectivity index (χ1v) is 3.37. The van der Waals surface area contributed by atoms with Crippen molar-refractivity contribution in [2.45, 2.75) is 0 Å². The molecule has 12 heavy (non-hydrogen) atoms. The van der Waals surface area contributed by atoms with Crippen molar-refractivity contribution in [3.05, 3.63) is 42.0 Å². The van der Waals surface area contributed by atoms with Gasteiger partial charge in [0.2, 0.25) is 0 Å². The summed E-state index contributed by atoms with van der Waals surface area (Å²) in [4.78, 5) is 10.1. The second kappa shape index (κ2) is 3.57. The molecule has 0 aliphatic heterocycles. The summed E-state index contributed by atoms with van der Waals surface area (Å²) in [6.07, 6.45) is 0.648. The minimum absolute atomic E-state index is 0.389. The maximum Gasteiger partial charge on any atom is 0.327 e. The van der Waals surface area contributed by atoms with E-state index in [1.807, 2.05) is 0 Å². The van der Waals surface area contributed by atoms with E-state index < -0.39 is 11.7 Å². The summed E-state index contributed by atoms with van der Waals surface area (Å²) < 4.78 is 0. The van der Waals surface area contributed by atoms with Crippen LogP contribution >= 0.6 is 0 Å². The summed E-state index contributed by atoms with van der Waals surface area (Å²) in [6, 6.07) is 8.27. The number of hydrogen-bond donors (Lipinski definition) is 1. The van der Waals surface area contributed by atoms with Gasteiger partial charge in [0.05, 0.1) is 0 Å². The van der Waals surface area contributed by atoms with Gasteiger partial charge in [0.25, 0.3) is 0 Å². The van der Waals surface area contributed by atoms with Crippen LogP contribution in [-0.2, 0) is 4.79 Å². The second-order valence-corrected chi connectivity index (χ2v) is 2.21. The Morgan fingerprint density at radius 2 is 1.92 bits per heavy atom. The van der Waals surface area contributed by atoms with E-state index in [2.05, 4.69) is 0 Å². The first-order valence-electron chi connectivity index (χ1n) is 3.37. The highest BCUT2D eigenvalue weighted by atomic mass is 16.4. The molecule has 0 unspecified atom stereocenters. The lowest BCUT2D eigenvalue weighted by atomic mass is 10.2. The fraction of sp³-hybridized carbons (Fsp3) is 0. The van der Waals surface area contributed by atoms with Crippen molar-refractivity contribution in [1.82, 2.24) is 0 Å². The van der Waals surface area contributed by atoms with Gasteiger partial charge < -0.3 is 10.2 Å². The topological polar surface area (TPSA) is 60.4 Å². The Kier molecular flexibility index (Phi) is 2.48. The van der Waals surface area contributed by atoms with Gasteiger partial charge in [0, 0.05) is 6.08 Å². The lowest BCUT2D eigenvalue weighted by Gasteiger charge is -2.09. The molecule has 0 aliphatic carbocycles.